The summed E-state index contributed by atoms with van der Waals surface area (Å²) in [7, 11) is 0. The molecule has 1 amide bonds. The zero-order valence-electron chi connectivity index (χ0n) is 8.62. The fraction of sp³-hybridized carbons (Fsp3) is 0.250. The Balaban J connectivity index is 2.30. The molecule has 1 unspecified atom stereocenters. The van der Waals surface area contributed by atoms with Crippen LogP contribution in [0.3, 0.4) is 0 Å². The van der Waals surface area contributed by atoms with Gasteiger partial charge in [0.05, 0.1) is 0 Å². The molecule has 0 aliphatic carbocycles. The molecule has 0 saturated carbocycles. The predicted molar refractivity (Wildman–Crippen MR) is 69.8 cm³/mol. The first-order valence-corrected chi connectivity index (χ1v) is 6.16. The summed E-state index contributed by atoms with van der Waals surface area (Å²) in [5, 5.41) is 0.624. The van der Waals surface area contributed by atoms with Gasteiger partial charge in [-0.1, -0.05) is 33.6 Å². The number of rotatable bonds is 2. The third kappa shape index (κ3) is 2.30. The van der Waals surface area contributed by atoms with Crippen molar-refractivity contribution in [1.29, 1.82) is 0 Å². The molecule has 84 valence electrons. The lowest BCUT2D eigenvalue weighted by atomic mass is 10.1. The van der Waals surface area contributed by atoms with E-state index < -0.39 is 0 Å². The summed E-state index contributed by atoms with van der Waals surface area (Å²) >= 11 is 9.33. The summed E-state index contributed by atoms with van der Waals surface area (Å²) in [6, 6.07) is 5.50. The van der Waals surface area contributed by atoms with Gasteiger partial charge in [-0.05, 0) is 18.2 Å². The summed E-state index contributed by atoms with van der Waals surface area (Å²) in [5.41, 5.74) is 0.841. The normalized spacial score (nSPS) is 20.2. The van der Waals surface area contributed by atoms with Crippen LogP contribution in [-0.2, 0) is 4.79 Å². The number of carbonyl (C=O) groups excluding carboxylic acids is 1. The van der Waals surface area contributed by atoms with Gasteiger partial charge in [-0.15, -0.1) is 6.58 Å². The molecule has 16 heavy (non-hydrogen) atoms. The van der Waals surface area contributed by atoms with Crippen molar-refractivity contribution in [1.82, 2.24) is 0 Å². The van der Waals surface area contributed by atoms with Gasteiger partial charge in [0, 0.05) is 34.1 Å². The van der Waals surface area contributed by atoms with Crippen molar-refractivity contribution in [3.05, 3.63) is 40.3 Å². The molecular weight excluding hydrogens is 289 g/mol. The van der Waals surface area contributed by atoms with Crippen LogP contribution in [0, 0.1) is 5.92 Å². The first kappa shape index (κ1) is 11.7. The van der Waals surface area contributed by atoms with Gasteiger partial charge in [0.2, 0.25) is 5.91 Å². The molecule has 0 spiro atoms. The number of hydrogen-bond donors (Lipinski definition) is 0. The van der Waals surface area contributed by atoms with E-state index in [0.717, 1.165) is 10.2 Å². The Labute approximate surface area is 108 Å². The average molecular weight is 301 g/mol. The molecule has 2 rings (SSSR count). The molecule has 1 aliphatic heterocycles. The summed E-state index contributed by atoms with van der Waals surface area (Å²) in [6.07, 6.45) is 2.37. The van der Waals surface area contributed by atoms with Crippen LogP contribution in [0.2, 0.25) is 5.02 Å². The molecule has 0 aromatic heterocycles. The third-order valence-electron chi connectivity index (χ3n) is 2.65. The van der Waals surface area contributed by atoms with Gasteiger partial charge >= 0.3 is 0 Å². The van der Waals surface area contributed by atoms with Gasteiger partial charge in [0.1, 0.15) is 0 Å². The highest BCUT2D eigenvalue weighted by Crippen LogP contribution is 2.30. The Kier molecular flexibility index (Phi) is 3.36. The van der Waals surface area contributed by atoms with Crippen molar-refractivity contribution in [2.24, 2.45) is 5.92 Å². The van der Waals surface area contributed by atoms with Crippen molar-refractivity contribution >= 4 is 39.1 Å². The van der Waals surface area contributed by atoms with Crippen molar-refractivity contribution in [3.63, 3.8) is 0 Å². The van der Waals surface area contributed by atoms with Gasteiger partial charge in [-0.3, -0.25) is 4.79 Å². The number of nitrogens with zero attached hydrogens (tertiary/aromatic N) is 1. The number of amides is 1. The second-order valence-corrected chi connectivity index (χ2v) is 5.18. The maximum absolute atomic E-state index is 11.8. The predicted octanol–water partition coefficient (Wildman–Crippen LogP) is 3.64. The number of hydrogen-bond acceptors (Lipinski definition) is 1. The van der Waals surface area contributed by atoms with E-state index in [2.05, 4.69) is 22.5 Å². The van der Waals surface area contributed by atoms with E-state index in [1.54, 1.807) is 17.0 Å². The van der Waals surface area contributed by atoms with Gasteiger partial charge < -0.3 is 4.90 Å². The van der Waals surface area contributed by atoms with Gasteiger partial charge in [0.25, 0.3) is 0 Å². The number of carbonyl (C=O) groups is 1. The maximum Gasteiger partial charge on any atom is 0.227 e. The van der Waals surface area contributed by atoms with Crippen molar-refractivity contribution in [2.75, 3.05) is 11.4 Å². The molecule has 1 aliphatic rings. The smallest absolute Gasteiger partial charge is 0.227 e. The molecule has 1 atom stereocenters. The zero-order valence-corrected chi connectivity index (χ0v) is 11.0. The van der Waals surface area contributed by atoms with Crippen LogP contribution in [-0.4, -0.2) is 12.5 Å². The van der Waals surface area contributed by atoms with Gasteiger partial charge in [-0.2, -0.15) is 0 Å². The molecule has 0 N–H and O–H groups in total. The fourth-order valence-corrected chi connectivity index (χ4v) is 2.68. The molecule has 1 saturated heterocycles. The first-order valence-electron chi connectivity index (χ1n) is 4.99. The van der Waals surface area contributed by atoms with E-state index in [0.29, 0.717) is 18.0 Å². The second-order valence-electron chi connectivity index (χ2n) is 3.83. The molecule has 1 aromatic carbocycles. The van der Waals surface area contributed by atoms with E-state index in [1.807, 2.05) is 12.1 Å². The molecule has 0 bridgehead atoms. The Hall–Kier alpha value is -0.800. The number of halogens is 2. The molecule has 1 aromatic rings. The highest BCUT2D eigenvalue weighted by atomic mass is 79.9. The van der Waals surface area contributed by atoms with E-state index in [1.165, 1.54) is 0 Å². The van der Waals surface area contributed by atoms with Crippen LogP contribution in [0.1, 0.15) is 6.42 Å². The molecule has 1 heterocycles. The molecule has 0 radical (unpaired) electrons. The highest BCUT2D eigenvalue weighted by Gasteiger charge is 2.28. The SMILES string of the molecule is C=CC1CC(=O)N(c2cc(Cl)cc(Br)c2)C1. The molecule has 2 nitrogen and oxygen atoms in total. The van der Waals surface area contributed by atoms with Crippen LogP contribution >= 0.6 is 27.5 Å². The topological polar surface area (TPSA) is 20.3 Å². The van der Waals surface area contributed by atoms with Crippen LogP contribution in [0.5, 0.6) is 0 Å². The van der Waals surface area contributed by atoms with Crippen LogP contribution in [0.25, 0.3) is 0 Å². The van der Waals surface area contributed by atoms with E-state index in [4.69, 9.17) is 11.6 Å². The molecule has 4 heteroatoms. The Morgan fingerprint density at radius 1 is 1.50 bits per heavy atom. The van der Waals surface area contributed by atoms with Gasteiger partial charge in [-0.25, -0.2) is 0 Å². The highest BCUT2D eigenvalue weighted by molar-refractivity contribution is 9.10. The van der Waals surface area contributed by atoms with Crippen LogP contribution in [0.4, 0.5) is 5.69 Å². The zero-order chi connectivity index (χ0) is 11.7. The van der Waals surface area contributed by atoms with Crippen LogP contribution in [0.15, 0.2) is 35.3 Å². The minimum absolute atomic E-state index is 0.124. The Bertz CT molecular complexity index is 426. The fourth-order valence-electron chi connectivity index (χ4n) is 1.84. The minimum atomic E-state index is 0.124. The number of anilines is 1. The monoisotopic (exact) mass is 299 g/mol. The summed E-state index contributed by atoms with van der Waals surface area (Å²) < 4.78 is 0.879. The summed E-state index contributed by atoms with van der Waals surface area (Å²) in [4.78, 5) is 13.5. The van der Waals surface area contributed by atoms with Crippen molar-refractivity contribution in [3.8, 4) is 0 Å². The Morgan fingerprint density at radius 3 is 2.81 bits per heavy atom. The van der Waals surface area contributed by atoms with Crippen molar-refractivity contribution < 1.29 is 4.79 Å². The molecule has 1 fully saturated rings. The Morgan fingerprint density at radius 2 is 2.25 bits per heavy atom. The lowest BCUT2D eigenvalue weighted by Crippen LogP contribution is -2.24. The van der Waals surface area contributed by atoms with E-state index in [9.17, 15) is 4.79 Å². The quantitative estimate of drug-likeness (QED) is 0.764. The van der Waals surface area contributed by atoms with Gasteiger partial charge in [0.15, 0.2) is 0 Å². The van der Waals surface area contributed by atoms with Crippen LogP contribution < -0.4 is 4.90 Å². The number of benzene rings is 1. The second kappa shape index (κ2) is 4.60. The van der Waals surface area contributed by atoms with E-state index in [-0.39, 0.29) is 11.8 Å². The minimum Gasteiger partial charge on any atom is -0.312 e. The summed E-state index contributed by atoms with van der Waals surface area (Å²) in [6.45, 7) is 4.42. The van der Waals surface area contributed by atoms with E-state index >= 15 is 0 Å². The van der Waals surface area contributed by atoms with Crippen molar-refractivity contribution in [2.45, 2.75) is 6.42 Å². The molecular formula is C12H11BrClNO. The lowest BCUT2D eigenvalue weighted by molar-refractivity contribution is -0.117. The standard InChI is InChI=1S/C12H11BrClNO/c1-2-8-3-12(16)15(7-8)11-5-9(13)4-10(14)6-11/h2,4-6,8H,1,3,7H2. The largest absolute Gasteiger partial charge is 0.312 e. The average Bonchev–Trinajstić information content (AvgIpc) is 2.58. The third-order valence-corrected chi connectivity index (χ3v) is 3.32. The maximum atomic E-state index is 11.8. The lowest BCUT2D eigenvalue weighted by Gasteiger charge is -2.16. The first-order chi connectivity index (χ1) is 7.60. The summed E-state index contributed by atoms with van der Waals surface area (Å²) in [5.74, 6) is 0.365.